The number of carbonyl (C=O) groups excluding carboxylic acids is 1. The molecular formula is C26H27N5O4. The second-order valence-electron chi connectivity index (χ2n) is 8.47. The summed E-state index contributed by atoms with van der Waals surface area (Å²) in [5.41, 5.74) is 5.45. The zero-order valence-electron chi connectivity index (χ0n) is 19.8. The third-order valence-electron chi connectivity index (χ3n) is 5.64. The van der Waals surface area contributed by atoms with Crippen LogP contribution in [0.15, 0.2) is 59.5 Å². The third kappa shape index (κ3) is 5.75. The van der Waals surface area contributed by atoms with Gasteiger partial charge in [-0.25, -0.2) is 14.8 Å². The molecule has 0 aliphatic heterocycles. The van der Waals surface area contributed by atoms with Gasteiger partial charge in [-0.3, -0.25) is 4.79 Å². The Hall–Kier alpha value is -4.40. The van der Waals surface area contributed by atoms with Gasteiger partial charge in [0.05, 0.1) is 12.2 Å². The molecule has 0 saturated carbocycles. The molecule has 1 unspecified atom stereocenters. The predicted octanol–water partition coefficient (Wildman–Crippen LogP) is 4.03. The lowest BCUT2D eigenvalue weighted by atomic mass is 9.98. The highest BCUT2D eigenvalue weighted by Gasteiger charge is 2.23. The second-order valence-corrected chi connectivity index (χ2v) is 8.47. The monoisotopic (exact) mass is 473 g/mol. The number of aromatic amines is 1. The molecule has 4 aromatic rings. The number of benzene rings is 2. The lowest BCUT2D eigenvalue weighted by Crippen LogP contribution is -2.42. The Morgan fingerprint density at radius 3 is 2.46 bits per heavy atom. The normalized spacial score (nSPS) is 11.7. The van der Waals surface area contributed by atoms with Crippen molar-refractivity contribution in [3.63, 3.8) is 0 Å². The number of H-pyrrole nitrogens is 1. The van der Waals surface area contributed by atoms with Gasteiger partial charge in [0.1, 0.15) is 12.3 Å². The molecule has 4 rings (SSSR count). The van der Waals surface area contributed by atoms with Gasteiger partial charge in [0.25, 0.3) is 5.91 Å². The molecule has 35 heavy (non-hydrogen) atoms. The molecule has 0 spiro atoms. The number of anilines is 1. The summed E-state index contributed by atoms with van der Waals surface area (Å²) in [5.74, 6) is -0.376. The number of hydrogen-bond donors (Lipinski definition) is 4. The smallest absolute Gasteiger partial charge is 0.326 e. The molecule has 0 aliphatic rings. The van der Waals surface area contributed by atoms with Gasteiger partial charge in [-0.15, -0.1) is 0 Å². The van der Waals surface area contributed by atoms with Crippen molar-refractivity contribution >= 4 is 17.8 Å². The van der Waals surface area contributed by atoms with Crippen molar-refractivity contribution < 1.29 is 19.1 Å². The number of imidazole rings is 1. The highest BCUT2D eigenvalue weighted by Crippen LogP contribution is 2.21. The van der Waals surface area contributed by atoms with Crippen LogP contribution < -0.4 is 10.6 Å². The molecule has 0 saturated heterocycles. The predicted molar refractivity (Wildman–Crippen MR) is 131 cm³/mol. The number of carboxylic acid groups (broad SMARTS) is 1. The molecule has 0 radical (unpaired) electrons. The number of rotatable bonds is 9. The molecule has 0 fully saturated rings. The number of aryl methyl sites for hydroxylation is 3. The van der Waals surface area contributed by atoms with Crippen LogP contribution in [0.3, 0.4) is 0 Å². The summed E-state index contributed by atoms with van der Waals surface area (Å²) < 4.78 is 5.58. The summed E-state index contributed by atoms with van der Waals surface area (Å²) in [6.07, 6.45) is 5.10. The first kappa shape index (κ1) is 23.7. The van der Waals surface area contributed by atoms with Crippen LogP contribution in [-0.4, -0.2) is 38.0 Å². The topological polar surface area (TPSA) is 133 Å². The standard InChI is InChI=1S/C26H27N5O4/c1-15-10-16(2)22(17(3)11-15)23(32)31-21(25(33)34)12-18-4-6-19(7-5-18)24-30-20(14-35-24)13-29-26-27-8-9-28-26/h4-11,14,21H,12-13H2,1-3H3,(H,31,32)(H,33,34)(H2,27,28,29). The number of amides is 1. The average molecular weight is 474 g/mol. The van der Waals surface area contributed by atoms with Crippen molar-refractivity contribution in [2.24, 2.45) is 0 Å². The molecule has 1 amide bonds. The van der Waals surface area contributed by atoms with Crippen LogP contribution >= 0.6 is 0 Å². The van der Waals surface area contributed by atoms with Gasteiger partial charge in [0.2, 0.25) is 5.89 Å². The minimum atomic E-state index is -1.09. The number of nitrogens with zero attached hydrogens (tertiary/aromatic N) is 2. The number of carboxylic acids is 1. The van der Waals surface area contributed by atoms with Crippen LogP contribution in [0, 0.1) is 20.8 Å². The number of aliphatic carboxylic acids is 1. The van der Waals surface area contributed by atoms with E-state index in [2.05, 4.69) is 25.6 Å². The van der Waals surface area contributed by atoms with Crippen molar-refractivity contribution in [2.45, 2.75) is 39.8 Å². The van der Waals surface area contributed by atoms with Crippen LogP contribution in [0.5, 0.6) is 0 Å². The summed E-state index contributed by atoms with van der Waals surface area (Å²) in [6, 6.07) is 10.0. The first-order valence-electron chi connectivity index (χ1n) is 11.2. The lowest BCUT2D eigenvalue weighted by molar-refractivity contribution is -0.139. The highest BCUT2D eigenvalue weighted by atomic mass is 16.4. The van der Waals surface area contributed by atoms with Crippen LogP contribution in [0.2, 0.25) is 0 Å². The van der Waals surface area contributed by atoms with Crippen molar-refractivity contribution in [3.05, 3.63) is 88.6 Å². The van der Waals surface area contributed by atoms with E-state index in [-0.39, 0.29) is 12.3 Å². The SMILES string of the molecule is Cc1cc(C)c(C(=O)NC(Cc2ccc(-c3nc(CNc4ncc[nH]4)co3)cc2)C(=O)O)c(C)c1. The largest absolute Gasteiger partial charge is 0.480 e. The molecular weight excluding hydrogens is 446 g/mol. The van der Waals surface area contributed by atoms with E-state index in [9.17, 15) is 14.7 Å². The zero-order valence-corrected chi connectivity index (χ0v) is 19.8. The average Bonchev–Trinajstić information content (AvgIpc) is 3.49. The van der Waals surface area contributed by atoms with Crippen molar-refractivity contribution in [2.75, 3.05) is 5.32 Å². The third-order valence-corrected chi connectivity index (χ3v) is 5.64. The van der Waals surface area contributed by atoms with Crippen LogP contribution in [0.25, 0.3) is 11.5 Å². The first-order chi connectivity index (χ1) is 16.8. The van der Waals surface area contributed by atoms with Gasteiger partial charge >= 0.3 is 5.97 Å². The van der Waals surface area contributed by atoms with Gasteiger partial charge in [-0.2, -0.15) is 0 Å². The number of aromatic nitrogens is 3. The van der Waals surface area contributed by atoms with E-state index >= 15 is 0 Å². The molecule has 4 N–H and O–H groups in total. The van der Waals surface area contributed by atoms with E-state index in [0.717, 1.165) is 33.5 Å². The van der Waals surface area contributed by atoms with Crippen molar-refractivity contribution in [3.8, 4) is 11.5 Å². The molecule has 0 aliphatic carbocycles. The molecule has 2 aromatic heterocycles. The Bertz CT molecular complexity index is 1300. The minimum Gasteiger partial charge on any atom is -0.480 e. The Morgan fingerprint density at radius 1 is 1.11 bits per heavy atom. The zero-order chi connectivity index (χ0) is 24.9. The Kier molecular flexibility index (Phi) is 6.96. The first-order valence-corrected chi connectivity index (χ1v) is 11.2. The van der Waals surface area contributed by atoms with Crippen molar-refractivity contribution in [1.29, 1.82) is 0 Å². The number of hydrogen-bond acceptors (Lipinski definition) is 6. The Labute approximate surface area is 202 Å². The van der Waals surface area contributed by atoms with Gasteiger partial charge in [0, 0.05) is 29.9 Å². The van der Waals surface area contributed by atoms with E-state index in [1.807, 2.05) is 57.2 Å². The van der Waals surface area contributed by atoms with E-state index in [1.54, 1.807) is 18.7 Å². The maximum atomic E-state index is 12.9. The Balaban J connectivity index is 1.41. The molecule has 2 aromatic carbocycles. The van der Waals surface area contributed by atoms with E-state index in [4.69, 9.17) is 4.42 Å². The summed E-state index contributed by atoms with van der Waals surface area (Å²) in [7, 11) is 0. The van der Waals surface area contributed by atoms with Crippen LogP contribution in [0.1, 0.15) is 38.3 Å². The quantitative estimate of drug-likeness (QED) is 0.288. The fraction of sp³-hybridized carbons (Fsp3) is 0.231. The summed E-state index contributed by atoms with van der Waals surface area (Å²) in [4.78, 5) is 36.3. The van der Waals surface area contributed by atoms with E-state index < -0.39 is 12.0 Å². The molecule has 180 valence electrons. The lowest BCUT2D eigenvalue weighted by Gasteiger charge is -2.17. The maximum Gasteiger partial charge on any atom is 0.326 e. The molecule has 0 bridgehead atoms. The highest BCUT2D eigenvalue weighted by molar-refractivity contribution is 5.99. The summed E-state index contributed by atoms with van der Waals surface area (Å²) in [5, 5.41) is 15.5. The molecule has 9 heteroatoms. The van der Waals surface area contributed by atoms with Crippen LogP contribution in [0.4, 0.5) is 5.95 Å². The summed E-state index contributed by atoms with van der Waals surface area (Å²) in [6.45, 7) is 6.12. The fourth-order valence-corrected chi connectivity index (χ4v) is 4.04. The van der Waals surface area contributed by atoms with Gasteiger partial charge in [-0.05, 0) is 49.6 Å². The van der Waals surface area contributed by atoms with Gasteiger partial charge in [-0.1, -0.05) is 29.8 Å². The molecule has 9 nitrogen and oxygen atoms in total. The molecule has 2 heterocycles. The maximum absolute atomic E-state index is 12.9. The van der Waals surface area contributed by atoms with E-state index in [1.165, 1.54) is 0 Å². The number of carbonyl (C=O) groups is 2. The number of oxazole rings is 1. The Morgan fingerprint density at radius 2 is 1.83 bits per heavy atom. The molecule has 1 atom stereocenters. The van der Waals surface area contributed by atoms with Gasteiger partial charge in [0.15, 0.2) is 5.95 Å². The van der Waals surface area contributed by atoms with Crippen molar-refractivity contribution in [1.82, 2.24) is 20.3 Å². The van der Waals surface area contributed by atoms with Gasteiger partial charge < -0.3 is 25.1 Å². The minimum absolute atomic E-state index is 0.148. The second kappa shape index (κ2) is 10.3. The number of nitrogens with one attached hydrogen (secondary N) is 3. The summed E-state index contributed by atoms with van der Waals surface area (Å²) >= 11 is 0. The van der Waals surface area contributed by atoms with E-state index in [0.29, 0.717) is 23.9 Å². The van der Waals surface area contributed by atoms with Crippen LogP contribution in [-0.2, 0) is 17.8 Å². The fourth-order valence-electron chi connectivity index (χ4n) is 4.04.